The Balaban J connectivity index is 1.75. The second kappa shape index (κ2) is 5.93. The second-order valence-corrected chi connectivity index (χ2v) is 8.32. The zero-order chi connectivity index (χ0) is 15.7. The number of hydrogen-bond donors (Lipinski definition) is 1. The Morgan fingerprint density at radius 1 is 1.36 bits per heavy atom. The molecule has 2 heterocycles. The van der Waals surface area contributed by atoms with Gasteiger partial charge in [-0.05, 0) is 31.0 Å². The average molecular weight is 340 g/mol. The molecule has 5 nitrogen and oxygen atoms in total. The molecule has 0 amide bonds. The molecule has 1 aliphatic heterocycles. The van der Waals surface area contributed by atoms with Gasteiger partial charge in [0.25, 0.3) is 0 Å². The molecule has 22 heavy (non-hydrogen) atoms. The molecule has 0 aliphatic carbocycles. The van der Waals surface area contributed by atoms with E-state index >= 15 is 0 Å². The number of nitrogens with zero attached hydrogens (tertiary/aromatic N) is 2. The third-order valence-corrected chi connectivity index (χ3v) is 5.80. The van der Waals surface area contributed by atoms with Crippen molar-refractivity contribution in [3.63, 3.8) is 0 Å². The Morgan fingerprint density at radius 3 is 2.73 bits per heavy atom. The first-order valence-corrected chi connectivity index (χ1v) is 9.38. The topological polar surface area (TPSA) is 64.0 Å². The van der Waals surface area contributed by atoms with Crippen LogP contribution in [-0.4, -0.2) is 29.7 Å². The highest BCUT2D eigenvalue weighted by molar-refractivity contribution is 7.91. The summed E-state index contributed by atoms with van der Waals surface area (Å²) in [6.07, 6.45) is 0.624. The lowest BCUT2D eigenvalue weighted by atomic mass is 10.2. The largest absolute Gasteiger partial charge is 0.366 e. The van der Waals surface area contributed by atoms with Crippen molar-refractivity contribution in [2.45, 2.75) is 25.9 Å². The molecule has 2 aromatic rings. The molecule has 1 saturated heterocycles. The maximum absolute atomic E-state index is 11.7. The van der Waals surface area contributed by atoms with Crippen molar-refractivity contribution in [1.82, 2.24) is 9.78 Å². The van der Waals surface area contributed by atoms with Crippen molar-refractivity contribution < 1.29 is 8.42 Å². The Morgan fingerprint density at radius 2 is 2.09 bits per heavy atom. The Bertz CT molecular complexity index is 769. The minimum absolute atomic E-state index is 0.0774. The number of aromatic nitrogens is 2. The predicted octanol–water partition coefficient (Wildman–Crippen LogP) is 2.82. The molecule has 0 radical (unpaired) electrons. The van der Waals surface area contributed by atoms with Crippen molar-refractivity contribution in [2.75, 3.05) is 16.8 Å². The number of halogens is 1. The molecule has 7 heteroatoms. The van der Waals surface area contributed by atoms with Crippen LogP contribution in [0.1, 0.15) is 23.7 Å². The highest BCUT2D eigenvalue weighted by Crippen LogP contribution is 2.27. The summed E-state index contributed by atoms with van der Waals surface area (Å²) >= 11 is 5.88. The maximum atomic E-state index is 11.7. The van der Waals surface area contributed by atoms with Gasteiger partial charge < -0.3 is 5.32 Å². The van der Waals surface area contributed by atoms with Gasteiger partial charge in [0.05, 0.1) is 23.2 Å². The first kappa shape index (κ1) is 15.4. The number of benzene rings is 1. The van der Waals surface area contributed by atoms with Crippen molar-refractivity contribution >= 4 is 27.3 Å². The summed E-state index contributed by atoms with van der Waals surface area (Å²) in [7, 11) is -2.93. The van der Waals surface area contributed by atoms with Gasteiger partial charge in [-0.2, -0.15) is 5.10 Å². The SMILES string of the molecule is Cc1cc(NCc2ccc(Cl)cc2)n([C@@H]2CCS(=O)(=O)C2)n1. The summed E-state index contributed by atoms with van der Waals surface area (Å²) in [5.41, 5.74) is 1.98. The van der Waals surface area contributed by atoms with Gasteiger partial charge in [0, 0.05) is 17.6 Å². The van der Waals surface area contributed by atoms with Crippen LogP contribution in [0, 0.1) is 6.92 Å². The molecular formula is C15H18ClN3O2S. The van der Waals surface area contributed by atoms with E-state index in [1.807, 2.05) is 41.9 Å². The van der Waals surface area contributed by atoms with E-state index in [1.165, 1.54) is 0 Å². The lowest BCUT2D eigenvalue weighted by molar-refractivity contribution is 0.501. The summed E-state index contributed by atoms with van der Waals surface area (Å²) in [5.74, 6) is 1.27. The van der Waals surface area contributed by atoms with E-state index in [0.29, 0.717) is 18.0 Å². The van der Waals surface area contributed by atoms with Crippen molar-refractivity contribution in [3.05, 3.63) is 46.6 Å². The number of nitrogens with one attached hydrogen (secondary N) is 1. The van der Waals surface area contributed by atoms with Crippen molar-refractivity contribution in [2.24, 2.45) is 0 Å². The first-order chi connectivity index (χ1) is 10.4. The van der Waals surface area contributed by atoms with E-state index in [9.17, 15) is 8.42 Å². The molecule has 118 valence electrons. The Hall–Kier alpha value is -1.53. The summed E-state index contributed by atoms with van der Waals surface area (Å²) in [6.45, 7) is 2.55. The molecule has 1 aromatic heterocycles. The van der Waals surface area contributed by atoms with Crippen LogP contribution < -0.4 is 5.32 Å². The van der Waals surface area contributed by atoms with Crippen LogP contribution in [0.5, 0.6) is 0 Å². The first-order valence-electron chi connectivity index (χ1n) is 7.18. The molecule has 1 atom stereocenters. The van der Waals surface area contributed by atoms with Crippen LogP contribution in [-0.2, 0) is 16.4 Å². The van der Waals surface area contributed by atoms with Gasteiger partial charge in [0.15, 0.2) is 9.84 Å². The number of sulfone groups is 1. The fourth-order valence-electron chi connectivity index (χ4n) is 2.69. The molecule has 0 unspecified atom stereocenters. The number of anilines is 1. The van der Waals surface area contributed by atoms with Gasteiger partial charge in [-0.3, -0.25) is 0 Å². The molecule has 1 aromatic carbocycles. The van der Waals surface area contributed by atoms with Crippen molar-refractivity contribution in [1.29, 1.82) is 0 Å². The Labute approximate surface area is 135 Å². The van der Waals surface area contributed by atoms with Gasteiger partial charge in [-0.15, -0.1) is 0 Å². The number of rotatable bonds is 4. The smallest absolute Gasteiger partial charge is 0.152 e. The van der Waals surface area contributed by atoms with E-state index in [4.69, 9.17) is 11.6 Å². The van der Waals surface area contributed by atoms with E-state index in [2.05, 4.69) is 10.4 Å². The van der Waals surface area contributed by atoms with E-state index in [-0.39, 0.29) is 17.5 Å². The summed E-state index contributed by atoms with van der Waals surface area (Å²) in [5, 5.41) is 8.50. The van der Waals surface area contributed by atoms with Crippen LogP contribution in [0.25, 0.3) is 0 Å². The molecule has 1 aliphatic rings. The molecule has 1 N–H and O–H groups in total. The zero-order valence-electron chi connectivity index (χ0n) is 12.3. The van der Waals surface area contributed by atoms with E-state index < -0.39 is 9.84 Å². The molecule has 0 spiro atoms. The maximum Gasteiger partial charge on any atom is 0.152 e. The van der Waals surface area contributed by atoms with Crippen molar-refractivity contribution in [3.8, 4) is 0 Å². The van der Waals surface area contributed by atoms with Gasteiger partial charge in [-0.25, -0.2) is 13.1 Å². The van der Waals surface area contributed by atoms with E-state index in [0.717, 1.165) is 17.1 Å². The fourth-order valence-corrected chi connectivity index (χ4v) is 4.51. The summed E-state index contributed by atoms with van der Waals surface area (Å²) < 4.78 is 25.2. The molecule has 1 fully saturated rings. The quantitative estimate of drug-likeness (QED) is 0.930. The van der Waals surface area contributed by atoms with Crippen LogP contribution in [0.4, 0.5) is 5.82 Å². The fraction of sp³-hybridized carbons (Fsp3) is 0.400. The molecule has 0 saturated carbocycles. The van der Waals surface area contributed by atoms with Crippen LogP contribution in [0.2, 0.25) is 5.02 Å². The normalized spacial score (nSPS) is 20.2. The molecular weight excluding hydrogens is 322 g/mol. The summed E-state index contributed by atoms with van der Waals surface area (Å²) in [6, 6.07) is 9.49. The predicted molar refractivity (Wildman–Crippen MR) is 88.1 cm³/mol. The van der Waals surface area contributed by atoms with Crippen LogP contribution >= 0.6 is 11.6 Å². The standard InChI is InChI=1S/C15H18ClN3O2S/c1-11-8-15(17-9-12-2-4-13(16)5-3-12)19(18-11)14-6-7-22(20,21)10-14/h2-5,8,14,17H,6-7,9-10H2,1H3/t14-/m1/s1. The second-order valence-electron chi connectivity index (χ2n) is 5.65. The number of aryl methyl sites for hydroxylation is 1. The van der Waals surface area contributed by atoms with Gasteiger partial charge in [0.2, 0.25) is 0 Å². The third-order valence-electron chi connectivity index (χ3n) is 3.80. The van der Waals surface area contributed by atoms with E-state index in [1.54, 1.807) is 0 Å². The van der Waals surface area contributed by atoms with Crippen LogP contribution in [0.15, 0.2) is 30.3 Å². The lowest BCUT2D eigenvalue weighted by Crippen LogP contribution is -2.15. The highest BCUT2D eigenvalue weighted by Gasteiger charge is 2.31. The minimum atomic E-state index is -2.93. The monoisotopic (exact) mass is 339 g/mol. The van der Waals surface area contributed by atoms with Gasteiger partial charge in [0.1, 0.15) is 5.82 Å². The number of hydrogen-bond acceptors (Lipinski definition) is 4. The molecule has 0 bridgehead atoms. The zero-order valence-corrected chi connectivity index (χ0v) is 13.9. The summed E-state index contributed by atoms with van der Waals surface area (Å²) in [4.78, 5) is 0. The van der Waals surface area contributed by atoms with Crippen LogP contribution in [0.3, 0.4) is 0 Å². The third kappa shape index (κ3) is 3.44. The van der Waals surface area contributed by atoms with Gasteiger partial charge >= 0.3 is 0 Å². The molecule has 3 rings (SSSR count). The Kier molecular flexibility index (Phi) is 4.14. The average Bonchev–Trinajstić information content (AvgIpc) is 3.00. The minimum Gasteiger partial charge on any atom is -0.366 e. The highest BCUT2D eigenvalue weighted by atomic mass is 35.5. The lowest BCUT2D eigenvalue weighted by Gasteiger charge is -2.14. The van der Waals surface area contributed by atoms with Gasteiger partial charge in [-0.1, -0.05) is 23.7 Å².